The van der Waals surface area contributed by atoms with Crippen LogP contribution in [0.15, 0.2) is 59.5 Å². The molecule has 0 saturated carbocycles. The Morgan fingerprint density at radius 3 is 2.90 bits per heavy atom. The number of rotatable bonds is 2. The average Bonchev–Trinajstić information content (AvgIpc) is 3.16. The van der Waals surface area contributed by atoms with Crippen LogP contribution >= 0.6 is 15.9 Å². The van der Waals surface area contributed by atoms with Gasteiger partial charge in [0.05, 0.1) is 23.9 Å². The van der Waals surface area contributed by atoms with Crippen molar-refractivity contribution < 1.29 is 0 Å². The van der Waals surface area contributed by atoms with Gasteiger partial charge >= 0.3 is 0 Å². The molecule has 0 bridgehead atoms. The van der Waals surface area contributed by atoms with Crippen molar-refractivity contribution in [2.75, 3.05) is 11.9 Å². The smallest absolute Gasteiger partial charge is 0.0997 e. The Morgan fingerprint density at radius 1 is 1.10 bits per heavy atom. The molecule has 0 aliphatic carbocycles. The van der Waals surface area contributed by atoms with E-state index in [2.05, 4.69) is 55.1 Å². The van der Waals surface area contributed by atoms with Crippen LogP contribution in [0.2, 0.25) is 0 Å². The third kappa shape index (κ3) is 2.07. The minimum absolute atomic E-state index is 1.01. The molecule has 2 heterocycles. The van der Waals surface area contributed by atoms with E-state index in [1.165, 1.54) is 16.8 Å². The van der Waals surface area contributed by atoms with Gasteiger partial charge in [-0.25, -0.2) is 4.98 Å². The highest BCUT2D eigenvalue weighted by Crippen LogP contribution is 2.36. The van der Waals surface area contributed by atoms with Gasteiger partial charge < -0.3 is 5.32 Å². The molecule has 0 saturated heterocycles. The second-order valence-electron chi connectivity index (χ2n) is 5.12. The van der Waals surface area contributed by atoms with Gasteiger partial charge in [-0.1, -0.05) is 30.3 Å². The molecule has 21 heavy (non-hydrogen) atoms. The maximum atomic E-state index is 4.36. The monoisotopic (exact) mass is 339 g/mol. The number of nitrogens with one attached hydrogen (secondary N) is 1. The van der Waals surface area contributed by atoms with Crippen molar-refractivity contribution in [3.63, 3.8) is 0 Å². The fraction of sp³-hybridized carbons (Fsp3) is 0.118. The van der Waals surface area contributed by atoms with E-state index in [4.69, 9.17) is 0 Å². The topological polar surface area (TPSA) is 29.9 Å². The summed E-state index contributed by atoms with van der Waals surface area (Å²) in [5.41, 5.74) is 6.03. The highest BCUT2D eigenvalue weighted by Gasteiger charge is 2.18. The lowest BCUT2D eigenvalue weighted by molar-refractivity contribution is 1.06. The molecule has 104 valence electrons. The predicted molar refractivity (Wildman–Crippen MR) is 88.9 cm³/mol. The summed E-state index contributed by atoms with van der Waals surface area (Å²) in [5, 5.41) is 3.50. The van der Waals surface area contributed by atoms with Crippen molar-refractivity contribution in [2.45, 2.75) is 6.42 Å². The van der Waals surface area contributed by atoms with Crippen LogP contribution in [0, 0.1) is 0 Å². The maximum absolute atomic E-state index is 4.36. The molecule has 1 aromatic heterocycles. The van der Waals surface area contributed by atoms with Crippen LogP contribution < -0.4 is 5.32 Å². The van der Waals surface area contributed by atoms with Crippen LogP contribution in [0.25, 0.3) is 16.9 Å². The summed E-state index contributed by atoms with van der Waals surface area (Å²) in [5.74, 6) is 0. The third-order valence-electron chi connectivity index (χ3n) is 3.87. The van der Waals surface area contributed by atoms with Crippen molar-refractivity contribution in [3.8, 4) is 16.9 Å². The summed E-state index contributed by atoms with van der Waals surface area (Å²) in [7, 11) is 0. The molecule has 2 aromatic carbocycles. The lowest BCUT2D eigenvalue weighted by Crippen LogP contribution is -1.99. The second-order valence-corrected chi connectivity index (χ2v) is 5.97. The van der Waals surface area contributed by atoms with Gasteiger partial charge in [0.2, 0.25) is 0 Å². The van der Waals surface area contributed by atoms with E-state index in [0.717, 1.165) is 28.8 Å². The zero-order chi connectivity index (χ0) is 14.2. The largest absolute Gasteiger partial charge is 0.384 e. The average molecular weight is 340 g/mol. The maximum Gasteiger partial charge on any atom is 0.0997 e. The predicted octanol–water partition coefficient (Wildman–Crippen LogP) is 4.27. The summed E-state index contributed by atoms with van der Waals surface area (Å²) in [4.78, 5) is 4.36. The molecular weight excluding hydrogens is 326 g/mol. The Morgan fingerprint density at radius 2 is 2.00 bits per heavy atom. The van der Waals surface area contributed by atoms with Crippen LogP contribution in [-0.4, -0.2) is 16.1 Å². The van der Waals surface area contributed by atoms with Gasteiger partial charge in [0, 0.05) is 22.3 Å². The summed E-state index contributed by atoms with van der Waals surface area (Å²) in [6.45, 7) is 1.01. The summed E-state index contributed by atoms with van der Waals surface area (Å²) < 4.78 is 3.18. The van der Waals surface area contributed by atoms with Gasteiger partial charge in [0.25, 0.3) is 0 Å². The molecule has 0 radical (unpaired) electrons. The van der Waals surface area contributed by atoms with E-state index in [0.29, 0.717) is 0 Å². The summed E-state index contributed by atoms with van der Waals surface area (Å²) >= 11 is 3.62. The van der Waals surface area contributed by atoms with E-state index in [1.807, 2.05) is 30.7 Å². The molecule has 1 aliphatic rings. The first-order valence-electron chi connectivity index (χ1n) is 6.98. The van der Waals surface area contributed by atoms with Crippen molar-refractivity contribution in [1.82, 2.24) is 9.55 Å². The number of anilines is 1. The van der Waals surface area contributed by atoms with E-state index in [1.54, 1.807) is 0 Å². The zero-order valence-electron chi connectivity index (χ0n) is 11.4. The molecule has 0 spiro atoms. The molecule has 0 fully saturated rings. The number of nitrogens with zero attached hydrogens (tertiary/aromatic N) is 2. The third-order valence-corrected chi connectivity index (χ3v) is 4.54. The van der Waals surface area contributed by atoms with Crippen LogP contribution in [0.3, 0.4) is 0 Å². The Balaban J connectivity index is 1.91. The second kappa shape index (κ2) is 5.04. The minimum Gasteiger partial charge on any atom is -0.384 e. The zero-order valence-corrected chi connectivity index (χ0v) is 13.0. The summed E-state index contributed by atoms with van der Waals surface area (Å²) in [6, 6.07) is 14.7. The first-order valence-corrected chi connectivity index (χ1v) is 7.77. The Kier molecular flexibility index (Phi) is 3.04. The molecule has 3 nitrogen and oxygen atoms in total. The molecule has 1 aliphatic heterocycles. The normalized spacial score (nSPS) is 13.0. The van der Waals surface area contributed by atoms with E-state index in [-0.39, 0.29) is 0 Å². The van der Waals surface area contributed by atoms with Gasteiger partial charge in [-0.2, -0.15) is 0 Å². The van der Waals surface area contributed by atoms with Gasteiger partial charge in [-0.05, 0) is 40.0 Å². The summed E-state index contributed by atoms with van der Waals surface area (Å²) in [6.07, 6.45) is 4.88. The standard InChI is InChI=1S/C17H14BrN3/c18-14-6-1-2-7-15(14)21-11-19-10-16(21)13-5-3-4-12-8-9-20-17(12)13/h1-7,10-11,20H,8-9H2. The molecule has 0 unspecified atom stereocenters. The van der Waals surface area contributed by atoms with E-state index < -0.39 is 0 Å². The number of hydrogen-bond acceptors (Lipinski definition) is 2. The van der Waals surface area contributed by atoms with Gasteiger partial charge in [0.1, 0.15) is 0 Å². The first-order chi connectivity index (χ1) is 10.3. The molecule has 3 aromatic rings. The van der Waals surface area contributed by atoms with Crippen molar-refractivity contribution in [1.29, 1.82) is 0 Å². The first kappa shape index (κ1) is 12.7. The quantitative estimate of drug-likeness (QED) is 0.755. The van der Waals surface area contributed by atoms with Crippen LogP contribution in [0.1, 0.15) is 5.56 Å². The molecule has 4 heteroatoms. The number of imidazole rings is 1. The molecular formula is C17H14BrN3. The van der Waals surface area contributed by atoms with Gasteiger partial charge in [-0.3, -0.25) is 4.57 Å². The van der Waals surface area contributed by atoms with Crippen molar-refractivity contribution in [2.24, 2.45) is 0 Å². The molecule has 1 N–H and O–H groups in total. The highest BCUT2D eigenvalue weighted by molar-refractivity contribution is 9.10. The van der Waals surface area contributed by atoms with Crippen molar-refractivity contribution in [3.05, 3.63) is 65.0 Å². The SMILES string of the molecule is Brc1ccccc1-n1cncc1-c1cccc2c1NCC2. The number of para-hydroxylation sites is 2. The molecule has 0 amide bonds. The fourth-order valence-electron chi connectivity index (χ4n) is 2.89. The number of aromatic nitrogens is 2. The highest BCUT2D eigenvalue weighted by atomic mass is 79.9. The lowest BCUT2D eigenvalue weighted by atomic mass is 10.1. The number of benzene rings is 2. The van der Waals surface area contributed by atoms with Crippen LogP contribution in [-0.2, 0) is 6.42 Å². The van der Waals surface area contributed by atoms with Gasteiger partial charge in [-0.15, -0.1) is 0 Å². The van der Waals surface area contributed by atoms with E-state index >= 15 is 0 Å². The lowest BCUT2D eigenvalue weighted by Gasteiger charge is -2.13. The molecule has 0 atom stereocenters. The fourth-order valence-corrected chi connectivity index (χ4v) is 3.36. The Hall–Kier alpha value is -2.07. The molecule has 4 rings (SSSR count). The van der Waals surface area contributed by atoms with Gasteiger partial charge in [0.15, 0.2) is 0 Å². The Labute approximate surface area is 131 Å². The minimum atomic E-state index is 1.01. The van der Waals surface area contributed by atoms with E-state index in [9.17, 15) is 0 Å². The number of hydrogen-bond donors (Lipinski definition) is 1. The number of halogens is 1. The van der Waals surface area contributed by atoms with Crippen molar-refractivity contribution >= 4 is 21.6 Å². The van der Waals surface area contributed by atoms with Crippen LogP contribution in [0.4, 0.5) is 5.69 Å². The number of fused-ring (bicyclic) bond motifs is 1. The van der Waals surface area contributed by atoms with Crippen LogP contribution in [0.5, 0.6) is 0 Å². The Bertz CT molecular complexity index is 807.